The molecule has 0 aliphatic carbocycles. The minimum absolute atomic E-state index is 0.300. The van der Waals surface area contributed by atoms with Crippen molar-refractivity contribution in [2.24, 2.45) is 5.73 Å². The van der Waals surface area contributed by atoms with Gasteiger partial charge in [-0.05, 0) is 59.9 Å². The lowest BCUT2D eigenvalue weighted by atomic mass is 9.95. The van der Waals surface area contributed by atoms with Crippen molar-refractivity contribution in [3.8, 4) is 0 Å². The number of anilines is 1. The van der Waals surface area contributed by atoms with Crippen LogP contribution in [0.25, 0.3) is 11.0 Å². The van der Waals surface area contributed by atoms with Crippen LogP contribution in [0.15, 0.2) is 45.6 Å². The van der Waals surface area contributed by atoms with Crippen LogP contribution in [0.2, 0.25) is 5.02 Å². The Morgan fingerprint density at radius 3 is 2.63 bits per heavy atom. The fourth-order valence-electron chi connectivity index (χ4n) is 3.22. The minimum atomic E-state index is -0.574. The van der Waals surface area contributed by atoms with Gasteiger partial charge in [-0.2, -0.15) is 0 Å². The number of benzene rings is 2. The second-order valence-electron chi connectivity index (χ2n) is 6.86. The number of nitrogens with two attached hydrogens (primary N) is 1. The van der Waals surface area contributed by atoms with Gasteiger partial charge in [0.25, 0.3) is 5.91 Å². The lowest BCUT2D eigenvalue weighted by Crippen LogP contribution is -2.15. The molecule has 1 amide bonds. The van der Waals surface area contributed by atoms with Crippen molar-refractivity contribution in [3.63, 3.8) is 0 Å². The quantitative estimate of drug-likeness (QED) is 0.630. The molecule has 1 aromatic heterocycles. The molecule has 3 aromatic rings. The maximum absolute atomic E-state index is 12.0. The van der Waals surface area contributed by atoms with E-state index in [4.69, 9.17) is 21.8 Å². The molecule has 27 heavy (non-hydrogen) atoms. The molecule has 0 fully saturated rings. The summed E-state index contributed by atoms with van der Waals surface area (Å²) in [7, 11) is 0. The summed E-state index contributed by atoms with van der Waals surface area (Å²) in [4.78, 5) is 23.6. The summed E-state index contributed by atoms with van der Waals surface area (Å²) in [6.07, 6.45) is 0. The van der Waals surface area contributed by atoms with E-state index in [-0.39, 0.29) is 0 Å². The average Bonchev–Trinajstić information content (AvgIpc) is 2.59. The van der Waals surface area contributed by atoms with E-state index in [1.54, 1.807) is 12.1 Å². The lowest BCUT2D eigenvalue weighted by molar-refractivity contribution is 0.100. The Balaban J connectivity index is 2.04. The molecular weight excluding hydrogens is 364 g/mol. The number of halogens is 1. The molecular formula is C21H21ClN2O3. The zero-order valence-electron chi connectivity index (χ0n) is 15.4. The predicted octanol–water partition coefficient (Wildman–Crippen LogP) is 4.59. The Morgan fingerprint density at radius 2 is 1.96 bits per heavy atom. The van der Waals surface area contributed by atoms with E-state index in [9.17, 15) is 9.59 Å². The summed E-state index contributed by atoms with van der Waals surface area (Å²) in [6, 6.07) is 10.3. The topological polar surface area (TPSA) is 85.3 Å². The molecule has 0 saturated carbocycles. The summed E-state index contributed by atoms with van der Waals surface area (Å²) in [5, 5.41) is 4.48. The molecule has 2 aromatic carbocycles. The van der Waals surface area contributed by atoms with Crippen LogP contribution >= 0.6 is 11.6 Å². The van der Waals surface area contributed by atoms with Gasteiger partial charge in [-0.3, -0.25) is 4.79 Å². The van der Waals surface area contributed by atoms with Crippen LogP contribution in [0.4, 0.5) is 5.69 Å². The van der Waals surface area contributed by atoms with Gasteiger partial charge in [-0.1, -0.05) is 25.4 Å². The van der Waals surface area contributed by atoms with E-state index in [2.05, 4.69) is 25.2 Å². The number of rotatable bonds is 5. The number of aryl methyl sites for hydroxylation is 1. The molecule has 3 rings (SSSR count). The van der Waals surface area contributed by atoms with Crippen LogP contribution in [-0.4, -0.2) is 5.91 Å². The molecule has 0 unspecified atom stereocenters. The number of carbonyl (C=O) groups excluding carboxylic acids is 1. The van der Waals surface area contributed by atoms with Crippen LogP contribution in [0, 0.1) is 6.92 Å². The number of carbonyl (C=O) groups is 1. The minimum Gasteiger partial charge on any atom is -0.423 e. The smallest absolute Gasteiger partial charge is 0.336 e. The first-order chi connectivity index (χ1) is 12.8. The van der Waals surface area contributed by atoms with Gasteiger partial charge < -0.3 is 15.5 Å². The second-order valence-corrected chi connectivity index (χ2v) is 7.29. The summed E-state index contributed by atoms with van der Waals surface area (Å²) in [6.45, 7) is 6.59. The second kappa shape index (κ2) is 7.45. The Morgan fingerprint density at radius 1 is 1.22 bits per heavy atom. The highest BCUT2D eigenvalue weighted by atomic mass is 35.5. The predicted molar refractivity (Wildman–Crippen MR) is 109 cm³/mol. The molecule has 1 heterocycles. The Kier molecular flexibility index (Phi) is 5.24. The largest absolute Gasteiger partial charge is 0.423 e. The van der Waals surface area contributed by atoms with Crippen molar-refractivity contribution in [2.75, 3.05) is 5.32 Å². The molecule has 0 spiro atoms. The first-order valence-corrected chi connectivity index (χ1v) is 9.04. The summed E-state index contributed by atoms with van der Waals surface area (Å²) in [5.41, 5.74) is 9.49. The van der Waals surface area contributed by atoms with Crippen molar-refractivity contribution in [1.29, 1.82) is 0 Å². The zero-order chi connectivity index (χ0) is 19.7. The third-order valence-corrected chi connectivity index (χ3v) is 4.79. The molecule has 6 heteroatoms. The number of amides is 1. The highest BCUT2D eigenvalue weighted by molar-refractivity contribution is 6.31. The van der Waals surface area contributed by atoms with E-state index in [1.807, 2.05) is 13.0 Å². The van der Waals surface area contributed by atoms with Gasteiger partial charge >= 0.3 is 5.63 Å². The third-order valence-electron chi connectivity index (χ3n) is 4.56. The SMILES string of the molecule is Cc1cc2oc(=O)cc(CNc3ccc(Cl)cc3C(N)=O)c2cc1C(C)C. The molecule has 0 aliphatic heterocycles. The van der Waals surface area contributed by atoms with Crippen LogP contribution in [0.1, 0.15) is 46.8 Å². The lowest BCUT2D eigenvalue weighted by Gasteiger charge is -2.14. The van der Waals surface area contributed by atoms with Gasteiger partial charge in [-0.15, -0.1) is 0 Å². The highest BCUT2D eigenvalue weighted by Gasteiger charge is 2.13. The molecule has 0 aliphatic rings. The molecule has 3 N–H and O–H groups in total. The van der Waals surface area contributed by atoms with Gasteiger partial charge in [-0.25, -0.2) is 4.79 Å². The first kappa shape index (κ1) is 19.0. The van der Waals surface area contributed by atoms with Crippen molar-refractivity contribution in [2.45, 2.75) is 33.2 Å². The highest BCUT2D eigenvalue weighted by Crippen LogP contribution is 2.28. The maximum Gasteiger partial charge on any atom is 0.336 e. The van der Waals surface area contributed by atoms with E-state index in [0.29, 0.717) is 34.3 Å². The van der Waals surface area contributed by atoms with Crippen molar-refractivity contribution >= 4 is 34.2 Å². The molecule has 0 bridgehead atoms. The normalized spacial score (nSPS) is 11.1. The van der Waals surface area contributed by atoms with Crippen LogP contribution in [-0.2, 0) is 6.54 Å². The zero-order valence-corrected chi connectivity index (χ0v) is 16.2. The Bertz CT molecular complexity index is 1090. The van der Waals surface area contributed by atoms with Crippen molar-refractivity contribution in [3.05, 3.63) is 74.1 Å². The molecule has 140 valence electrons. The monoisotopic (exact) mass is 384 g/mol. The summed E-state index contributed by atoms with van der Waals surface area (Å²) < 4.78 is 5.37. The van der Waals surface area contributed by atoms with Gasteiger partial charge in [0, 0.05) is 28.7 Å². The van der Waals surface area contributed by atoms with E-state index in [1.165, 1.54) is 17.7 Å². The number of primary amides is 1. The van der Waals surface area contributed by atoms with Gasteiger partial charge in [0.1, 0.15) is 5.58 Å². The Hall–Kier alpha value is -2.79. The van der Waals surface area contributed by atoms with Gasteiger partial charge in [0.15, 0.2) is 0 Å². The van der Waals surface area contributed by atoms with Crippen molar-refractivity contribution < 1.29 is 9.21 Å². The van der Waals surface area contributed by atoms with Crippen LogP contribution in [0.3, 0.4) is 0 Å². The van der Waals surface area contributed by atoms with Crippen LogP contribution in [0.5, 0.6) is 0 Å². The van der Waals surface area contributed by atoms with E-state index >= 15 is 0 Å². The molecule has 5 nitrogen and oxygen atoms in total. The third kappa shape index (κ3) is 3.98. The number of hydrogen-bond donors (Lipinski definition) is 2. The van der Waals surface area contributed by atoms with Gasteiger partial charge in [0.05, 0.1) is 5.56 Å². The molecule has 0 atom stereocenters. The standard InChI is InChI=1S/C21H21ClN2O3/c1-11(2)15-9-16-13(7-20(25)27-19(16)6-12(15)3)10-24-18-5-4-14(22)8-17(18)21(23)26/h4-9,11,24H,10H2,1-3H3,(H2,23,26). The maximum atomic E-state index is 12.0. The molecule has 0 radical (unpaired) electrons. The first-order valence-electron chi connectivity index (χ1n) is 8.66. The summed E-state index contributed by atoms with van der Waals surface area (Å²) in [5.74, 6) is -0.227. The van der Waals surface area contributed by atoms with E-state index in [0.717, 1.165) is 16.5 Å². The number of fused-ring (bicyclic) bond motifs is 1. The van der Waals surface area contributed by atoms with Crippen LogP contribution < -0.4 is 16.7 Å². The van der Waals surface area contributed by atoms with Crippen molar-refractivity contribution in [1.82, 2.24) is 0 Å². The number of nitrogens with one attached hydrogen (secondary N) is 1. The van der Waals surface area contributed by atoms with Gasteiger partial charge in [0.2, 0.25) is 0 Å². The Labute approximate surface area is 162 Å². The summed E-state index contributed by atoms with van der Waals surface area (Å²) >= 11 is 5.95. The van der Waals surface area contributed by atoms with E-state index < -0.39 is 11.5 Å². The number of hydrogen-bond acceptors (Lipinski definition) is 4. The fourth-order valence-corrected chi connectivity index (χ4v) is 3.40. The molecule has 0 saturated heterocycles. The fraction of sp³-hybridized carbons (Fsp3) is 0.238. The average molecular weight is 385 g/mol.